The average Bonchev–Trinajstić information content (AvgIpc) is 3.23. The van der Waals surface area contributed by atoms with Crippen LogP contribution in [0.1, 0.15) is 213 Å². The third-order valence-corrected chi connectivity index (χ3v) is 10.5. The van der Waals surface area contributed by atoms with Crippen LogP contribution < -0.4 is 5.32 Å². The maximum absolute atomic E-state index is 13.1. The minimum absolute atomic E-state index is 0.0339. The summed E-state index contributed by atoms with van der Waals surface area (Å²) in [4.78, 5) is 26.0. The first-order valence-corrected chi connectivity index (χ1v) is 24.3. The predicted octanol–water partition coefficient (Wildman–Crippen LogP) is 14.4. The van der Waals surface area contributed by atoms with Crippen molar-refractivity contribution >= 4 is 11.9 Å². The van der Waals surface area contributed by atoms with Gasteiger partial charge in [0.1, 0.15) is 6.10 Å². The molecular weight excluding hydrogens is 731 g/mol. The van der Waals surface area contributed by atoms with E-state index in [9.17, 15) is 19.8 Å². The molecule has 6 heteroatoms. The summed E-state index contributed by atoms with van der Waals surface area (Å²) in [6.45, 7) is 6.28. The lowest BCUT2D eigenvalue weighted by Gasteiger charge is -2.24. The van der Waals surface area contributed by atoms with Crippen LogP contribution in [0.5, 0.6) is 0 Å². The summed E-state index contributed by atoms with van der Waals surface area (Å²) in [5, 5.41) is 23.6. The fraction of sp³-hybridized carbons (Fsp3) is 0.698. The number of hydrogen-bond donors (Lipinski definition) is 3. The molecule has 6 nitrogen and oxygen atoms in total. The van der Waals surface area contributed by atoms with E-state index in [0.29, 0.717) is 19.3 Å². The Bertz CT molecular complexity index is 1150. The van der Waals surface area contributed by atoms with E-state index in [1.165, 1.54) is 64.2 Å². The van der Waals surface area contributed by atoms with Crippen LogP contribution in [-0.4, -0.2) is 46.9 Å². The van der Waals surface area contributed by atoms with Gasteiger partial charge in [0.05, 0.1) is 25.2 Å². The molecule has 0 heterocycles. The van der Waals surface area contributed by atoms with Gasteiger partial charge < -0.3 is 20.3 Å². The van der Waals surface area contributed by atoms with E-state index in [1.807, 2.05) is 0 Å². The SMILES string of the molecule is CC/C=C/C/C=C/C/C=C/CCCCC(CC(=O)NC(CO)C(O)CCCCCCCCCCC)OC(=O)CCCCC/C=C\C/C=C\C/C=C\C/C=C\CCCCC. The molecule has 0 aliphatic rings. The number of aliphatic hydroxyl groups excluding tert-OH is 2. The summed E-state index contributed by atoms with van der Waals surface area (Å²) in [6, 6.07) is -0.723. The molecule has 3 atom stereocenters. The van der Waals surface area contributed by atoms with Crippen LogP contribution in [-0.2, 0) is 14.3 Å². The van der Waals surface area contributed by atoms with Gasteiger partial charge in [-0.1, -0.05) is 183 Å². The maximum Gasteiger partial charge on any atom is 0.306 e. The van der Waals surface area contributed by atoms with E-state index in [-0.39, 0.29) is 24.9 Å². The molecule has 0 aromatic rings. The monoisotopic (exact) mass is 822 g/mol. The second-order valence-corrected chi connectivity index (χ2v) is 16.1. The predicted molar refractivity (Wildman–Crippen MR) is 254 cm³/mol. The maximum atomic E-state index is 13.1. The Labute approximate surface area is 363 Å². The van der Waals surface area contributed by atoms with E-state index in [2.05, 4.69) is 111 Å². The molecule has 0 saturated carbocycles. The van der Waals surface area contributed by atoms with Crippen molar-refractivity contribution in [3.05, 3.63) is 85.1 Å². The van der Waals surface area contributed by atoms with Crippen molar-refractivity contribution in [3.63, 3.8) is 0 Å². The van der Waals surface area contributed by atoms with E-state index in [4.69, 9.17) is 4.74 Å². The summed E-state index contributed by atoms with van der Waals surface area (Å²) < 4.78 is 5.88. The molecule has 0 aromatic heterocycles. The van der Waals surface area contributed by atoms with Gasteiger partial charge in [0.25, 0.3) is 0 Å². The Hall–Kier alpha value is -2.96. The number of nitrogens with one attached hydrogen (secondary N) is 1. The van der Waals surface area contributed by atoms with Gasteiger partial charge in [-0.05, 0) is 103 Å². The number of carbonyl (C=O) groups is 2. The molecular formula is C53H91NO5. The van der Waals surface area contributed by atoms with E-state index in [1.54, 1.807) is 0 Å². The zero-order valence-corrected chi connectivity index (χ0v) is 38.4. The molecule has 0 aliphatic carbocycles. The molecule has 1 amide bonds. The van der Waals surface area contributed by atoms with Crippen molar-refractivity contribution in [2.75, 3.05) is 6.61 Å². The van der Waals surface area contributed by atoms with Crippen LogP contribution in [0.2, 0.25) is 0 Å². The first-order chi connectivity index (χ1) is 29.0. The van der Waals surface area contributed by atoms with Crippen LogP contribution in [0, 0.1) is 0 Å². The van der Waals surface area contributed by atoms with Gasteiger partial charge in [-0.3, -0.25) is 9.59 Å². The normalized spacial score (nSPS) is 14.1. The highest BCUT2D eigenvalue weighted by molar-refractivity contribution is 5.77. The number of hydrogen-bond acceptors (Lipinski definition) is 5. The second-order valence-electron chi connectivity index (χ2n) is 16.1. The van der Waals surface area contributed by atoms with Gasteiger partial charge in [0, 0.05) is 6.42 Å². The Morgan fingerprint density at radius 2 is 0.915 bits per heavy atom. The lowest BCUT2D eigenvalue weighted by Crippen LogP contribution is -2.46. The molecule has 59 heavy (non-hydrogen) atoms. The number of carbonyl (C=O) groups excluding carboxylic acids is 2. The van der Waals surface area contributed by atoms with E-state index >= 15 is 0 Å². The highest BCUT2D eigenvalue weighted by Gasteiger charge is 2.24. The minimum atomic E-state index is -0.805. The van der Waals surface area contributed by atoms with Crippen LogP contribution in [0.25, 0.3) is 0 Å². The molecule has 0 aromatic carbocycles. The molecule has 0 bridgehead atoms. The summed E-state index contributed by atoms with van der Waals surface area (Å²) in [7, 11) is 0. The van der Waals surface area contributed by atoms with E-state index in [0.717, 1.165) is 103 Å². The summed E-state index contributed by atoms with van der Waals surface area (Å²) >= 11 is 0. The number of rotatable bonds is 42. The van der Waals surface area contributed by atoms with Gasteiger partial charge in [0.15, 0.2) is 0 Å². The van der Waals surface area contributed by atoms with Gasteiger partial charge >= 0.3 is 5.97 Å². The zero-order valence-electron chi connectivity index (χ0n) is 38.4. The number of unbranched alkanes of at least 4 members (excludes halogenated alkanes) is 16. The molecule has 0 radical (unpaired) electrons. The first-order valence-electron chi connectivity index (χ1n) is 24.3. The first kappa shape index (κ1) is 56.0. The number of amides is 1. The van der Waals surface area contributed by atoms with Crippen molar-refractivity contribution in [3.8, 4) is 0 Å². The molecule has 0 aliphatic heterocycles. The summed E-state index contributed by atoms with van der Waals surface area (Å²) in [6.07, 6.45) is 59.3. The molecule has 338 valence electrons. The minimum Gasteiger partial charge on any atom is -0.462 e. The molecule has 0 spiro atoms. The quantitative estimate of drug-likeness (QED) is 0.0324. The lowest BCUT2D eigenvalue weighted by atomic mass is 10.0. The third kappa shape index (κ3) is 41.6. The Morgan fingerprint density at radius 3 is 1.42 bits per heavy atom. The molecule has 3 unspecified atom stereocenters. The highest BCUT2D eigenvalue weighted by atomic mass is 16.5. The zero-order chi connectivity index (χ0) is 43.1. The third-order valence-electron chi connectivity index (χ3n) is 10.5. The number of allylic oxidation sites excluding steroid dienone is 14. The summed E-state index contributed by atoms with van der Waals surface area (Å²) in [5.74, 6) is -0.558. The Morgan fingerprint density at radius 1 is 0.508 bits per heavy atom. The molecule has 0 rings (SSSR count). The van der Waals surface area contributed by atoms with Crippen LogP contribution >= 0.6 is 0 Å². The largest absolute Gasteiger partial charge is 0.462 e. The van der Waals surface area contributed by atoms with Crippen molar-refractivity contribution in [2.45, 2.75) is 232 Å². The van der Waals surface area contributed by atoms with Gasteiger partial charge in [-0.2, -0.15) is 0 Å². The fourth-order valence-corrected chi connectivity index (χ4v) is 6.78. The second kappa shape index (κ2) is 46.1. The van der Waals surface area contributed by atoms with Crippen molar-refractivity contribution in [2.24, 2.45) is 0 Å². The van der Waals surface area contributed by atoms with Crippen LogP contribution in [0.15, 0.2) is 85.1 Å². The lowest BCUT2D eigenvalue weighted by molar-refractivity contribution is -0.151. The molecule has 0 saturated heterocycles. The van der Waals surface area contributed by atoms with Crippen LogP contribution in [0.4, 0.5) is 0 Å². The Kier molecular flexibility index (Phi) is 43.8. The number of ether oxygens (including phenoxy) is 1. The number of aliphatic hydroxyl groups is 2. The van der Waals surface area contributed by atoms with Gasteiger partial charge in [-0.25, -0.2) is 0 Å². The van der Waals surface area contributed by atoms with Crippen molar-refractivity contribution in [1.29, 1.82) is 0 Å². The van der Waals surface area contributed by atoms with Gasteiger partial charge in [0.2, 0.25) is 5.91 Å². The van der Waals surface area contributed by atoms with Crippen molar-refractivity contribution < 1.29 is 24.5 Å². The molecule has 0 fully saturated rings. The highest BCUT2D eigenvalue weighted by Crippen LogP contribution is 2.16. The standard InChI is InChI=1S/C53H91NO5/c1-4-7-10-13-16-19-21-23-24-25-26-27-28-29-31-34-37-40-43-46-53(58)59-49(44-41-38-35-33-30-22-20-17-14-11-8-5-2)47-52(57)54-50(48-55)51(56)45-42-39-36-32-18-15-12-9-6-3/h8,11,16-17,19-20,23-24,26-27,29-31,33,49-51,55-56H,4-7,9-10,12-15,18,21-22,25,28,32,34-48H2,1-3H3,(H,54,57)/b11-8+,19-16-,20-17+,24-23-,27-26-,31-29-,33-30+. The van der Waals surface area contributed by atoms with E-state index < -0.39 is 18.2 Å². The average molecular weight is 822 g/mol. The van der Waals surface area contributed by atoms with Crippen molar-refractivity contribution in [1.82, 2.24) is 5.32 Å². The smallest absolute Gasteiger partial charge is 0.306 e. The fourth-order valence-electron chi connectivity index (χ4n) is 6.78. The summed E-state index contributed by atoms with van der Waals surface area (Å²) in [5.41, 5.74) is 0. The van der Waals surface area contributed by atoms with Crippen LogP contribution in [0.3, 0.4) is 0 Å². The number of esters is 1. The van der Waals surface area contributed by atoms with Gasteiger partial charge in [-0.15, -0.1) is 0 Å². The molecule has 3 N–H and O–H groups in total. The topological polar surface area (TPSA) is 95.9 Å². The Balaban J connectivity index is 4.67.